The van der Waals surface area contributed by atoms with Crippen molar-refractivity contribution >= 4 is 0 Å². The number of aromatic nitrogens is 2. The fraction of sp³-hybridized carbons (Fsp3) is 0.385. The van der Waals surface area contributed by atoms with Crippen molar-refractivity contribution in [1.82, 2.24) is 10.1 Å². The molecule has 0 amide bonds. The largest absolute Gasteiger partial charge is 0.381 e. The molecule has 0 aliphatic carbocycles. The van der Waals surface area contributed by atoms with Crippen molar-refractivity contribution in [1.29, 1.82) is 0 Å². The topological polar surface area (TPSA) is 74.2 Å². The van der Waals surface area contributed by atoms with Gasteiger partial charge >= 0.3 is 0 Å². The van der Waals surface area contributed by atoms with Gasteiger partial charge in [0, 0.05) is 18.7 Å². The maximum atomic E-state index is 5.56. The Hall–Kier alpha value is -1.72. The van der Waals surface area contributed by atoms with Crippen LogP contribution < -0.4 is 5.73 Å². The highest BCUT2D eigenvalue weighted by Gasteiger charge is 2.23. The highest BCUT2D eigenvalue weighted by Crippen LogP contribution is 2.25. The highest BCUT2D eigenvalue weighted by molar-refractivity contribution is 5.54. The van der Waals surface area contributed by atoms with Gasteiger partial charge in [0.2, 0.25) is 11.7 Å². The molecule has 1 aliphatic rings. The van der Waals surface area contributed by atoms with E-state index in [4.69, 9.17) is 15.0 Å². The van der Waals surface area contributed by atoms with Gasteiger partial charge in [-0.05, 0) is 12.0 Å². The third-order valence-corrected chi connectivity index (χ3v) is 3.17. The number of rotatable bonds is 3. The van der Waals surface area contributed by atoms with E-state index in [0.29, 0.717) is 24.9 Å². The van der Waals surface area contributed by atoms with Crippen LogP contribution in [0.1, 0.15) is 23.8 Å². The van der Waals surface area contributed by atoms with Gasteiger partial charge in [-0.1, -0.05) is 29.4 Å². The minimum atomic E-state index is 0.245. The van der Waals surface area contributed by atoms with E-state index in [1.165, 1.54) is 0 Å². The molecule has 1 fully saturated rings. The van der Waals surface area contributed by atoms with Crippen molar-refractivity contribution < 1.29 is 9.26 Å². The van der Waals surface area contributed by atoms with E-state index >= 15 is 0 Å². The third kappa shape index (κ3) is 2.14. The van der Waals surface area contributed by atoms with Crippen molar-refractivity contribution in [2.24, 2.45) is 5.73 Å². The molecule has 1 aromatic heterocycles. The Labute approximate surface area is 105 Å². The van der Waals surface area contributed by atoms with Gasteiger partial charge in [-0.25, -0.2) is 0 Å². The summed E-state index contributed by atoms with van der Waals surface area (Å²) in [6.45, 7) is 1.98. The Bertz CT molecular complexity index is 515. The smallest absolute Gasteiger partial charge is 0.232 e. The van der Waals surface area contributed by atoms with Gasteiger partial charge < -0.3 is 15.0 Å². The van der Waals surface area contributed by atoms with Gasteiger partial charge in [0.05, 0.1) is 12.5 Å². The molecular weight excluding hydrogens is 230 g/mol. The Morgan fingerprint density at radius 3 is 2.78 bits per heavy atom. The summed E-state index contributed by atoms with van der Waals surface area (Å²) in [5, 5.41) is 4.01. The molecular formula is C13H15N3O2. The first-order valence-corrected chi connectivity index (χ1v) is 6.07. The molecule has 94 valence electrons. The quantitative estimate of drug-likeness (QED) is 0.890. The van der Waals surface area contributed by atoms with E-state index < -0.39 is 0 Å². The van der Waals surface area contributed by atoms with Crippen LogP contribution in [0.15, 0.2) is 28.8 Å². The summed E-state index contributed by atoms with van der Waals surface area (Å²) < 4.78 is 10.6. The Morgan fingerprint density at radius 1 is 1.28 bits per heavy atom. The minimum Gasteiger partial charge on any atom is -0.381 e. The summed E-state index contributed by atoms with van der Waals surface area (Å²) in [7, 11) is 0. The van der Waals surface area contributed by atoms with Crippen LogP contribution in [0.25, 0.3) is 11.4 Å². The Morgan fingerprint density at radius 2 is 2.11 bits per heavy atom. The molecule has 5 heteroatoms. The number of hydrogen-bond acceptors (Lipinski definition) is 5. The van der Waals surface area contributed by atoms with Crippen molar-refractivity contribution in [3.8, 4) is 11.4 Å². The lowest BCUT2D eigenvalue weighted by molar-refractivity contribution is 0.189. The average Bonchev–Trinajstić information content (AvgIpc) is 3.09. The van der Waals surface area contributed by atoms with Crippen molar-refractivity contribution in [3.63, 3.8) is 0 Å². The van der Waals surface area contributed by atoms with Gasteiger partial charge in [-0.3, -0.25) is 0 Å². The second kappa shape index (κ2) is 4.88. The SMILES string of the molecule is NCc1ccc(-c2noc(C3CCOC3)n2)cc1. The molecule has 1 aliphatic heterocycles. The molecule has 0 spiro atoms. The number of nitrogens with zero attached hydrogens (tertiary/aromatic N) is 2. The molecule has 5 nitrogen and oxygen atoms in total. The predicted octanol–water partition coefficient (Wildman–Crippen LogP) is 1.70. The Kier molecular flexibility index (Phi) is 3.08. The van der Waals surface area contributed by atoms with E-state index in [1.54, 1.807) is 0 Å². The lowest BCUT2D eigenvalue weighted by Gasteiger charge is -1.98. The summed E-state index contributed by atoms with van der Waals surface area (Å²) in [5.41, 5.74) is 7.60. The molecule has 0 bridgehead atoms. The van der Waals surface area contributed by atoms with Crippen molar-refractivity contribution in [2.45, 2.75) is 18.9 Å². The van der Waals surface area contributed by atoms with E-state index in [1.807, 2.05) is 24.3 Å². The Balaban J connectivity index is 1.82. The molecule has 0 radical (unpaired) electrons. The average molecular weight is 245 g/mol. The molecule has 1 aromatic carbocycles. The first-order chi connectivity index (χ1) is 8.86. The summed E-state index contributed by atoms with van der Waals surface area (Å²) in [6.07, 6.45) is 0.952. The molecule has 0 saturated carbocycles. The van der Waals surface area contributed by atoms with Crippen molar-refractivity contribution in [2.75, 3.05) is 13.2 Å². The molecule has 2 N–H and O–H groups in total. The minimum absolute atomic E-state index is 0.245. The number of hydrogen-bond donors (Lipinski definition) is 1. The van der Waals surface area contributed by atoms with Crippen LogP contribution in [0.4, 0.5) is 0 Å². The second-order valence-electron chi connectivity index (χ2n) is 4.42. The lowest BCUT2D eigenvalue weighted by Crippen LogP contribution is -1.97. The van der Waals surface area contributed by atoms with Crippen LogP contribution in [0.2, 0.25) is 0 Å². The van der Waals surface area contributed by atoms with Gasteiger partial charge in [0.15, 0.2) is 0 Å². The lowest BCUT2D eigenvalue weighted by atomic mass is 10.1. The first kappa shape index (κ1) is 11.4. The van der Waals surface area contributed by atoms with Crippen LogP contribution >= 0.6 is 0 Å². The summed E-state index contributed by atoms with van der Waals surface area (Å²) in [4.78, 5) is 4.43. The fourth-order valence-corrected chi connectivity index (χ4v) is 2.04. The third-order valence-electron chi connectivity index (χ3n) is 3.17. The molecule has 1 unspecified atom stereocenters. The second-order valence-corrected chi connectivity index (χ2v) is 4.42. The van der Waals surface area contributed by atoms with Gasteiger partial charge in [-0.2, -0.15) is 4.98 Å². The predicted molar refractivity (Wildman–Crippen MR) is 65.8 cm³/mol. The summed E-state index contributed by atoms with van der Waals surface area (Å²) >= 11 is 0. The first-order valence-electron chi connectivity index (χ1n) is 6.07. The normalized spacial score (nSPS) is 19.3. The molecule has 2 heterocycles. The van der Waals surface area contributed by atoms with Gasteiger partial charge in [0.1, 0.15) is 0 Å². The number of ether oxygens (including phenoxy) is 1. The molecule has 1 atom stereocenters. The molecule has 2 aromatic rings. The van der Waals surface area contributed by atoms with Gasteiger partial charge in [0.25, 0.3) is 0 Å². The van der Waals surface area contributed by atoms with E-state index in [-0.39, 0.29) is 5.92 Å². The highest BCUT2D eigenvalue weighted by atomic mass is 16.5. The number of nitrogens with two attached hydrogens (primary N) is 1. The van der Waals surface area contributed by atoms with Crippen molar-refractivity contribution in [3.05, 3.63) is 35.7 Å². The van der Waals surface area contributed by atoms with E-state index in [2.05, 4.69) is 10.1 Å². The zero-order valence-electron chi connectivity index (χ0n) is 10.0. The van der Waals surface area contributed by atoms with E-state index in [0.717, 1.165) is 24.2 Å². The molecule has 18 heavy (non-hydrogen) atoms. The molecule has 1 saturated heterocycles. The standard InChI is InChI=1S/C13H15N3O2/c14-7-9-1-3-10(4-2-9)12-15-13(18-16-12)11-5-6-17-8-11/h1-4,11H,5-8,14H2. The zero-order chi connectivity index (χ0) is 12.4. The van der Waals surface area contributed by atoms with E-state index in [9.17, 15) is 0 Å². The van der Waals surface area contributed by atoms with Crippen LogP contribution in [0.3, 0.4) is 0 Å². The molecule has 3 rings (SSSR count). The number of benzene rings is 1. The van der Waals surface area contributed by atoms with Crippen LogP contribution in [0, 0.1) is 0 Å². The van der Waals surface area contributed by atoms with Crippen LogP contribution in [-0.2, 0) is 11.3 Å². The summed E-state index contributed by atoms with van der Waals surface area (Å²) in [6, 6.07) is 7.87. The summed E-state index contributed by atoms with van der Waals surface area (Å²) in [5.74, 6) is 1.54. The maximum absolute atomic E-state index is 5.56. The maximum Gasteiger partial charge on any atom is 0.232 e. The zero-order valence-corrected chi connectivity index (χ0v) is 10.0. The monoisotopic (exact) mass is 245 g/mol. The van der Waals surface area contributed by atoms with Crippen LogP contribution in [-0.4, -0.2) is 23.4 Å². The van der Waals surface area contributed by atoms with Gasteiger partial charge in [-0.15, -0.1) is 0 Å². The fourth-order valence-electron chi connectivity index (χ4n) is 2.04. The van der Waals surface area contributed by atoms with Crippen LogP contribution in [0.5, 0.6) is 0 Å².